The second kappa shape index (κ2) is 9.24. The van der Waals surface area contributed by atoms with Crippen LogP contribution in [0, 0.1) is 0 Å². The molecule has 2 aromatic rings. The van der Waals surface area contributed by atoms with Crippen LogP contribution in [0.5, 0.6) is 0 Å². The summed E-state index contributed by atoms with van der Waals surface area (Å²) in [6, 6.07) is 10.1. The number of rotatable bonds is 3. The molecule has 1 heterocycles. The molecule has 0 spiro atoms. The van der Waals surface area contributed by atoms with E-state index >= 15 is 0 Å². The van der Waals surface area contributed by atoms with Crippen LogP contribution < -0.4 is 21.6 Å². The zero-order valence-electron chi connectivity index (χ0n) is 14.0. The average Bonchev–Trinajstić information content (AvgIpc) is 2.64. The molecule has 27 heavy (non-hydrogen) atoms. The Balaban J connectivity index is 1.82. The number of hydrogen-bond donors (Lipinski definition) is 4. The van der Waals surface area contributed by atoms with E-state index < -0.39 is 11.7 Å². The number of aromatic nitrogens is 1. The number of alkyl halides is 3. The molecule has 0 aliphatic rings. The Morgan fingerprint density at radius 3 is 2.44 bits per heavy atom. The number of nitrogens with one attached hydrogen (secondary N) is 4. The molecule has 0 bridgehead atoms. The van der Waals surface area contributed by atoms with Gasteiger partial charge in [0.15, 0.2) is 5.11 Å². The van der Waals surface area contributed by atoms with Gasteiger partial charge in [-0.3, -0.25) is 21.3 Å². The van der Waals surface area contributed by atoms with E-state index in [0.29, 0.717) is 11.4 Å². The third-order valence-corrected chi connectivity index (χ3v) is 3.50. The summed E-state index contributed by atoms with van der Waals surface area (Å²) in [4.78, 5) is 4.14. The van der Waals surface area contributed by atoms with E-state index in [2.05, 4.69) is 31.7 Å². The number of hydrazine groups is 1. The molecule has 0 aliphatic carbocycles. The van der Waals surface area contributed by atoms with E-state index in [4.69, 9.17) is 24.4 Å². The van der Waals surface area contributed by atoms with Crippen molar-refractivity contribution >= 4 is 46.1 Å². The molecule has 0 radical (unpaired) electrons. The Morgan fingerprint density at radius 1 is 1.04 bits per heavy atom. The monoisotopic (exact) mass is 412 g/mol. The van der Waals surface area contributed by atoms with Crippen molar-refractivity contribution in [3.63, 3.8) is 0 Å². The lowest BCUT2D eigenvalue weighted by atomic mass is 10.2. The lowest BCUT2D eigenvalue weighted by molar-refractivity contribution is -0.137. The largest absolute Gasteiger partial charge is 0.416 e. The van der Waals surface area contributed by atoms with Gasteiger partial charge in [-0.1, -0.05) is 12.1 Å². The first kappa shape index (κ1) is 20.5. The van der Waals surface area contributed by atoms with E-state index in [-0.39, 0.29) is 15.9 Å². The summed E-state index contributed by atoms with van der Waals surface area (Å²) in [6.07, 6.45) is -2.79. The van der Waals surface area contributed by atoms with Gasteiger partial charge in [0.25, 0.3) is 0 Å². The van der Waals surface area contributed by atoms with Gasteiger partial charge in [0, 0.05) is 11.9 Å². The molecule has 4 N–H and O–H groups in total. The first-order valence-corrected chi connectivity index (χ1v) is 8.33. The van der Waals surface area contributed by atoms with Crippen LogP contribution in [-0.2, 0) is 6.18 Å². The number of nitrogens with zero attached hydrogens (tertiary/aromatic N) is 2. The molecule has 0 saturated heterocycles. The summed E-state index contributed by atoms with van der Waals surface area (Å²) < 4.78 is 38.1. The lowest BCUT2D eigenvalue weighted by Crippen LogP contribution is -2.47. The molecule has 0 amide bonds. The molecule has 0 unspecified atom stereocenters. The average molecular weight is 412 g/mol. The predicted molar refractivity (Wildman–Crippen MR) is 106 cm³/mol. The van der Waals surface area contributed by atoms with E-state index in [9.17, 15) is 13.2 Å². The van der Waals surface area contributed by atoms with Crippen LogP contribution in [0.1, 0.15) is 18.2 Å². The molecule has 6 nitrogen and oxygen atoms in total. The smallest absolute Gasteiger partial charge is 0.331 e. The standard InChI is InChI=1S/C16H15F3N6S2/c1-10(13-7-2-3-8-20-13)22-24-15(27)25-23-14(26)21-12-6-4-5-11(9-12)16(17,18)19/h2-9H,1H3,(H2,21,23,26)(H2,24,25,27)/b22-10+. The van der Waals surface area contributed by atoms with Gasteiger partial charge in [-0.15, -0.1) is 0 Å². The number of pyridine rings is 1. The number of hydrogen-bond acceptors (Lipinski definition) is 4. The number of hydrazone groups is 1. The van der Waals surface area contributed by atoms with Crippen LogP contribution in [0.4, 0.5) is 18.9 Å². The number of thiocarbonyl (C=S) groups is 2. The minimum Gasteiger partial charge on any atom is -0.331 e. The SMILES string of the molecule is C/C(=N\NC(=S)NNC(=S)Nc1cccc(C(F)(F)F)c1)c1ccccn1. The number of anilines is 1. The van der Waals surface area contributed by atoms with E-state index in [1.807, 2.05) is 6.07 Å². The number of halogens is 3. The van der Waals surface area contributed by atoms with Gasteiger partial charge in [-0.2, -0.15) is 18.3 Å². The first-order chi connectivity index (χ1) is 12.8. The quantitative estimate of drug-likeness (QED) is 0.351. The summed E-state index contributed by atoms with van der Waals surface area (Å²) >= 11 is 10.0. The van der Waals surface area contributed by atoms with Gasteiger partial charge in [0.2, 0.25) is 5.11 Å². The summed E-state index contributed by atoms with van der Waals surface area (Å²) in [6.45, 7) is 1.76. The van der Waals surface area contributed by atoms with Crippen molar-refractivity contribution in [2.75, 3.05) is 5.32 Å². The Labute approximate surface area is 164 Å². The van der Waals surface area contributed by atoms with Gasteiger partial charge in [-0.05, 0) is 61.7 Å². The van der Waals surface area contributed by atoms with Crippen LogP contribution >= 0.6 is 24.4 Å². The highest BCUT2D eigenvalue weighted by Gasteiger charge is 2.30. The Morgan fingerprint density at radius 2 is 1.78 bits per heavy atom. The third kappa shape index (κ3) is 6.79. The maximum absolute atomic E-state index is 12.7. The van der Waals surface area contributed by atoms with E-state index in [1.165, 1.54) is 12.1 Å². The summed E-state index contributed by atoms with van der Waals surface area (Å²) in [5.41, 5.74) is 8.43. The Hall–Kier alpha value is -2.79. The van der Waals surface area contributed by atoms with Crippen molar-refractivity contribution in [1.82, 2.24) is 21.3 Å². The molecule has 142 valence electrons. The Bertz CT molecular complexity index is 840. The van der Waals surface area contributed by atoms with Gasteiger partial charge in [0.1, 0.15) is 0 Å². The molecule has 0 atom stereocenters. The van der Waals surface area contributed by atoms with Crippen LogP contribution in [0.25, 0.3) is 0 Å². The highest BCUT2D eigenvalue weighted by atomic mass is 32.1. The van der Waals surface area contributed by atoms with Crippen LogP contribution in [-0.4, -0.2) is 20.9 Å². The fraction of sp³-hybridized carbons (Fsp3) is 0.125. The normalized spacial score (nSPS) is 11.5. The van der Waals surface area contributed by atoms with Gasteiger partial charge in [0.05, 0.1) is 17.0 Å². The maximum Gasteiger partial charge on any atom is 0.416 e. The van der Waals surface area contributed by atoms with Crippen molar-refractivity contribution in [2.24, 2.45) is 5.10 Å². The van der Waals surface area contributed by atoms with Gasteiger partial charge in [-0.25, -0.2) is 0 Å². The predicted octanol–water partition coefficient (Wildman–Crippen LogP) is 3.19. The fourth-order valence-electron chi connectivity index (χ4n) is 1.85. The summed E-state index contributed by atoms with van der Waals surface area (Å²) in [7, 11) is 0. The molecular formula is C16H15F3N6S2. The van der Waals surface area contributed by atoms with Crippen LogP contribution in [0.15, 0.2) is 53.8 Å². The fourth-order valence-corrected chi connectivity index (χ4v) is 2.11. The molecule has 0 aliphatic heterocycles. The summed E-state index contributed by atoms with van der Waals surface area (Å²) in [5.74, 6) is 0. The van der Waals surface area contributed by atoms with Crippen LogP contribution in [0.2, 0.25) is 0 Å². The first-order valence-electron chi connectivity index (χ1n) is 7.51. The Kier molecular flexibility index (Phi) is 7.02. The highest BCUT2D eigenvalue weighted by molar-refractivity contribution is 7.80. The molecule has 11 heteroatoms. The zero-order chi connectivity index (χ0) is 19.9. The highest BCUT2D eigenvalue weighted by Crippen LogP contribution is 2.30. The second-order valence-electron chi connectivity index (χ2n) is 5.14. The molecule has 1 aromatic carbocycles. The van der Waals surface area contributed by atoms with Crippen molar-refractivity contribution in [2.45, 2.75) is 13.1 Å². The van der Waals surface area contributed by atoms with Gasteiger partial charge >= 0.3 is 6.18 Å². The van der Waals surface area contributed by atoms with Crippen molar-refractivity contribution in [1.29, 1.82) is 0 Å². The molecule has 2 rings (SSSR count). The second-order valence-corrected chi connectivity index (χ2v) is 5.95. The zero-order valence-corrected chi connectivity index (χ0v) is 15.6. The number of benzene rings is 1. The molecule has 1 aromatic heterocycles. The van der Waals surface area contributed by atoms with Crippen LogP contribution in [0.3, 0.4) is 0 Å². The van der Waals surface area contributed by atoms with E-state index in [0.717, 1.165) is 12.1 Å². The molecule has 0 fully saturated rings. The topological polar surface area (TPSA) is 73.4 Å². The minimum absolute atomic E-state index is 0.0314. The summed E-state index contributed by atoms with van der Waals surface area (Å²) in [5, 5.41) is 6.83. The van der Waals surface area contributed by atoms with Gasteiger partial charge < -0.3 is 5.32 Å². The molecule has 0 saturated carbocycles. The van der Waals surface area contributed by atoms with E-state index in [1.54, 1.807) is 25.3 Å². The van der Waals surface area contributed by atoms with Crippen molar-refractivity contribution in [3.05, 3.63) is 59.9 Å². The van der Waals surface area contributed by atoms with Crippen molar-refractivity contribution in [3.8, 4) is 0 Å². The molecular weight excluding hydrogens is 397 g/mol. The third-order valence-electron chi connectivity index (χ3n) is 3.10. The van der Waals surface area contributed by atoms with Crippen molar-refractivity contribution < 1.29 is 13.2 Å². The minimum atomic E-state index is -4.43. The maximum atomic E-state index is 12.7. The lowest BCUT2D eigenvalue weighted by Gasteiger charge is -2.14.